The van der Waals surface area contributed by atoms with Gasteiger partial charge in [-0.05, 0) is 105 Å². The van der Waals surface area contributed by atoms with Crippen molar-refractivity contribution < 1.29 is 29.7 Å². The highest BCUT2D eigenvalue weighted by molar-refractivity contribution is 5.96. The molecule has 11 unspecified atom stereocenters. The molecule has 4 saturated carbocycles. The molecular formula is C29H48N2O6. The summed E-state index contributed by atoms with van der Waals surface area (Å²) in [5.41, 5.74) is -0.219. The lowest BCUT2D eigenvalue weighted by Crippen LogP contribution is -2.62. The Hall–Kier alpha value is -1.51. The van der Waals surface area contributed by atoms with Crippen LogP contribution in [0.3, 0.4) is 0 Å². The van der Waals surface area contributed by atoms with E-state index in [1.54, 1.807) is 0 Å². The molecule has 2 amide bonds. The lowest BCUT2D eigenvalue weighted by Gasteiger charge is -2.63. The minimum absolute atomic E-state index is 0.0129. The number of aliphatic hydroxyl groups excluding tert-OH is 3. The Labute approximate surface area is 221 Å². The zero-order valence-electron chi connectivity index (χ0n) is 23.0. The number of carbonyl (C=O) groups is 3. The molecule has 0 spiro atoms. The van der Waals surface area contributed by atoms with Gasteiger partial charge in [0.25, 0.3) is 0 Å². The Kier molecular flexibility index (Phi) is 8.42. The van der Waals surface area contributed by atoms with Gasteiger partial charge in [-0.1, -0.05) is 20.8 Å². The van der Waals surface area contributed by atoms with Gasteiger partial charge >= 0.3 is 0 Å². The summed E-state index contributed by atoms with van der Waals surface area (Å²) in [6.07, 6.45) is 5.75. The molecule has 0 aliphatic heterocycles. The topological polar surface area (TPSA) is 136 Å². The van der Waals surface area contributed by atoms with Gasteiger partial charge in [-0.15, -0.1) is 0 Å². The van der Waals surface area contributed by atoms with E-state index in [4.69, 9.17) is 0 Å². The molecule has 4 aliphatic carbocycles. The summed E-state index contributed by atoms with van der Waals surface area (Å²) in [7, 11) is 0. The fourth-order valence-electron chi connectivity index (χ4n) is 9.31. The first-order chi connectivity index (χ1) is 17.4. The molecular weight excluding hydrogens is 472 g/mol. The fourth-order valence-corrected chi connectivity index (χ4v) is 9.31. The van der Waals surface area contributed by atoms with Crippen LogP contribution in [0.5, 0.6) is 0 Å². The Bertz CT molecular complexity index is 880. The molecule has 5 N–H and O–H groups in total. The standard InChI is InChI=1S/C29H48N2O6/c1-16(5-8-25(36)30-15-31-26(37)11-17(2)32)20-6-7-21-27-22(14-24(35)29(20,21)4)28(3)10-9-19(33)12-18(28)13-23(27)34/h16,18-24,27,33-35H,5-15H2,1-4H3,(H,30,36)(H,31,37). The van der Waals surface area contributed by atoms with Crippen LogP contribution in [0.1, 0.15) is 91.9 Å². The number of hydrogen-bond donors (Lipinski definition) is 5. The van der Waals surface area contributed by atoms with Crippen LogP contribution in [-0.4, -0.2) is 57.9 Å². The van der Waals surface area contributed by atoms with E-state index in [-0.39, 0.29) is 77.4 Å². The largest absolute Gasteiger partial charge is 0.393 e. The first-order valence-corrected chi connectivity index (χ1v) is 14.4. The smallest absolute Gasteiger partial charge is 0.228 e. The van der Waals surface area contributed by atoms with E-state index in [1.165, 1.54) is 6.92 Å². The number of amides is 2. The Balaban J connectivity index is 1.37. The lowest BCUT2D eigenvalue weighted by molar-refractivity contribution is -0.207. The predicted octanol–water partition coefficient (Wildman–Crippen LogP) is 2.53. The van der Waals surface area contributed by atoms with Crippen LogP contribution in [0, 0.1) is 46.3 Å². The highest BCUT2D eigenvalue weighted by Gasteiger charge is 2.65. The van der Waals surface area contributed by atoms with Crippen molar-refractivity contribution in [3.8, 4) is 0 Å². The van der Waals surface area contributed by atoms with Gasteiger partial charge in [-0.2, -0.15) is 0 Å². The fraction of sp³-hybridized carbons (Fsp3) is 0.897. The van der Waals surface area contributed by atoms with Crippen LogP contribution in [-0.2, 0) is 14.4 Å². The SMILES string of the molecule is CC(=O)CC(=O)NCNC(=O)CCC(C)C1CCC2C3C(O)CC4CC(O)CCC4(C)C3CC(O)C12C. The molecule has 4 fully saturated rings. The average molecular weight is 521 g/mol. The second kappa shape index (κ2) is 10.9. The highest BCUT2D eigenvalue weighted by Crippen LogP contribution is 2.68. The maximum Gasteiger partial charge on any atom is 0.228 e. The minimum Gasteiger partial charge on any atom is -0.393 e. The number of aliphatic hydroxyl groups is 3. The summed E-state index contributed by atoms with van der Waals surface area (Å²) >= 11 is 0. The van der Waals surface area contributed by atoms with Crippen LogP contribution in [0.2, 0.25) is 0 Å². The summed E-state index contributed by atoms with van der Waals surface area (Å²) in [5.74, 6) is 0.804. The Morgan fingerprint density at radius 1 is 0.946 bits per heavy atom. The van der Waals surface area contributed by atoms with Gasteiger partial charge in [0.15, 0.2) is 0 Å². The summed E-state index contributed by atoms with van der Waals surface area (Å²) < 4.78 is 0. The molecule has 4 rings (SSSR count). The minimum atomic E-state index is -0.436. The average Bonchev–Trinajstić information content (AvgIpc) is 3.17. The second-order valence-corrected chi connectivity index (χ2v) is 13.3. The van der Waals surface area contributed by atoms with E-state index in [9.17, 15) is 29.7 Å². The van der Waals surface area contributed by atoms with Crippen molar-refractivity contribution in [1.82, 2.24) is 10.6 Å². The van der Waals surface area contributed by atoms with Crippen molar-refractivity contribution in [1.29, 1.82) is 0 Å². The van der Waals surface area contributed by atoms with Gasteiger partial charge in [0, 0.05) is 6.42 Å². The van der Waals surface area contributed by atoms with E-state index in [0.29, 0.717) is 25.2 Å². The molecule has 4 aliphatic rings. The molecule has 37 heavy (non-hydrogen) atoms. The van der Waals surface area contributed by atoms with Gasteiger partial charge in [0.1, 0.15) is 5.78 Å². The van der Waals surface area contributed by atoms with Crippen LogP contribution >= 0.6 is 0 Å². The van der Waals surface area contributed by atoms with Crippen LogP contribution in [0.15, 0.2) is 0 Å². The second-order valence-electron chi connectivity index (χ2n) is 13.3. The number of rotatable bonds is 8. The summed E-state index contributed by atoms with van der Waals surface area (Å²) in [5, 5.41) is 38.6. The van der Waals surface area contributed by atoms with E-state index >= 15 is 0 Å². The molecule has 0 bridgehead atoms. The molecule has 8 heteroatoms. The first kappa shape index (κ1) is 28.5. The molecule has 0 aromatic heterocycles. The third kappa shape index (κ3) is 5.35. The van der Waals surface area contributed by atoms with Crippen LogP contribution < -0.4 is 10.6 Å². The molecule has 0 aromatic carbocycles. The monoisotopic (exact) mass is 520 g/mol. The zero-order valence-corrected chi connectivity index (χ0v) is 23.0. The molecule has 0 saturated heterocycles. The van der Waals surface area contributed by atoms with E-state index in [2.05, 4.69) is 31.4 Å². The highest BCUT2D eigenvalue weighted by atomic mass is 16.3. The maximum absolute atomic E-state index is 12.4. The van der Waals surface area contributed by atoms with Gasteiger partial charge < -0.3 is 26.0 Å². The number of hydrogen-bond acceptors (Lipinski definition) is 6. The van der Waals surface area contributed by atoms with Gasteiger partial charge in [0.2, 0.25) is 11.8 Å². The molecule has 0 heterocycles. The van der Waals surface area contributed by atoms with E-state index in [1.807, 2.05) is 0 Å². The lowest BCUT2D eigenvalue weighted by atomic mass is 9.43. The van der Waals surface area contributed by atoms with Gasteiger partial charge in [0.05, 0.1) is 31.4 Å². The van der Waals surface area contributed by atoms with Gasteiger partial charge in [-0.3, -0.25) is 14.4 Å². The third-order valence-corrected chi connectivity index (χ3v) is 11.3. The summed E-state index contributed by atoms with van der Waals surface area (Å²) in [6.45, 7) is 8.11. The normalized spacial score (nSPS) is 43.6. The Morgan fingerprint density at radius 2 is 1.65 bits per heavy atom. The number of fused-ring (bicyclic) bond motifs is 5. The first-order valence-electron chi connectivity index (χ1n) is 14.4. The number of Topliss-reactive ketones (excluding diaryl/α,β-unsaturated/α-hetero) is 1. The van der Waals surface area contributed by atoms with Crippen molar-refractivity contribution in [2.24, 2.45) is 46.3 Å². The number of nitrogens with one attached hydrogen (secondary N) is 2. The number of carbonyl (C=O) groups excluding carboxylic acids is 3. The maximum atomic E-state index is 12.4. The predicted molar refractivity (Wildman–Crippen MR) is 139 cm³/mol. The van der Waals surface area contributed by atoms with Crippen molar-refractivity contribution in [2.75, 3.05) is 6.67 Å². The van der Waals surface area contributed by atoms with Crippen molar-refractivity contribution in [2.45, 2.75) is 110 Å². The van der Waals surface area contributed by atoms with Crippen molar-refractivity contribution in [3.05, 3.63) is 0 Å². The number of ketones is 1. The quantitative estimate of drug-likeness (QED) is 0.247. The molecule has 8 nitrogen and oxygen atoms in total. The van der Waals surface area contributed by atoms with E-state index in [0.717, 1.165) is 38.5 Å². The van der Waals surface area contributed by atoms with Crippen LogP contribution in [0.25, 0.3) is 0 Å². The van der Waals surface area contributed by atoms with Crippen LogP contribution in [0.4, 0.5) is 0 Å². The summed E-state index contributed by atoms with van der Waals surface area (Å²) in [4.78, 5) is 35.0. The van der Waals surface area contributed by atoms with Gasteiger partial charge in [-0.25, -0.2) is 0 Å². The molecule has 0 radical (unpaired) electrons. The van der Waals surface area contributed by atoms with E-state index < -0.39 is 12.0 Å². The summed E-state index contributed by atoms with van der Waals surface area (Å²) in [6, 6.07) is 0. The molecule has 0 aromatic rings. The Morgan fingerprint density at radius 3 is 2.35 bits per heavy atom. The molecule has 210 valence electrons. The van der Waals surface area contributed by atoms with Crippen molar-refractivity contribution >= 4 is 17.6 Å². The zero-order chi connectivity index (χ0) is 27.1. The van der Waals surface area contributed by atoms with Crippen molar-refractivity contribution in [3.63, 3.8) is 0 Å². The molecule has 11 atom stereocenters. The third-order valence-electron chi connectivity index (χ3n) is 11.3.